The first-order valence-electron chi connectivity index (χ1n) is 7.44. The van der Waals surface area contributed by atoms with Crippen molar-refractivity contribution in [2.45, 2.75) is 45.0 Å². The largest absolute Gasteiger partial charge is 0.495 e. The van der Waals surface area contributed by atoms with Gasteiger partial charge < -0.3 is 14.0 Å². The van der Waals surface area contributed by atoms with E-state index in [9.17, 15) is 0 Å². The summed E-state index contributed by atoms with van der Waals surface area (Å²) in [5, 5.41) is 0. The van der Waals surface area contributed by atoms with E-state index in [2.05, 4.69) is 44.6 Å². The lowest BCUT2D eigenvalue weighted by atomic mass is 9.80. The van der Waals surface area contributed by atoms with E-state index in [-0.39, 0.29) is 24.4 Å². The van der Waals surface area contributed by atoms with Crippen molar-refractivity contribution in [1.82, 2.24) is 9.88 Å². The molecular formula is C15H23BN2O3. The number of likely N-dealkylation sites (N-methyl/N-ethyl adjacent to an activating group) is 1. The number of nitrogens with zero attached hydrogens (tertiary/aromatic N) is 2. The molecule has 5 nitrogen and oxygen atoms in total. The van der Waals surface area contributed by atoms with Gasteiger partial charge in [-0.25, -0.2) is 4.98 Å². The summed E-state index contributed by atoms with van der Waals surface area (Å²) >= 11 is 0. The predicted molar refractivity (Wildman–Crippen MR) is 81.9 cm³/mol. The summed E-state index contributed by atoms with van der Waals surface area (Å²) in [6.07, 6.45) is 1.98. The van der Waals surface area contributed by atoms with Crippen LogP contribution >= 0.6 is 0 Å². The van der Waals surface area contributed by atoms with Crippen molar-refractivity contribution < 1.29 is 14.0 Å². The van der Waals surface area contributed by atoms with Crippen molar-refractivity contribution in [3.05, 3.63) is 18.3 Å². The fourth-order valence-electron chi connectivity index (χ4n) is 2.50. The normalized spacial score (nSPS) is 24.9. The van der Waals surface area contributed by atoms with Gasteiger partial charge in [0.25, 0.3) is 0 Å². The van der Waals surface area contributed by atoms with Crippen LogP contribution in [0.2, 0.25) is 0 Å². The average Bonchev–Trinajstić information content (AvgIpc) is 2.57. The Morgan fingerprint density at radius 3 is 2.43 bits per heavy atom. The van der Waals surface area contributed by atoms with Gasteiger partial charge >= 0.3 is 7.12 Å². The Kier molecular flexibility index (Phi) is 3.51. The van der Waals surface area contributed by atoms with Crippen LogP contribution in [0.3, 0.4) is 0 Å². The van der Waals surface area contributed by atoms with Crippen molar-refractivity contribution >= 4 is 12.6 Å². The zero-order valence-electron chi connectivity index (χ0n) is 13.4. The Hall–Kier alpha value is -1.11. The van der Waals surface area contributed by atoms with Crippen molar-refractivity contribution in [3.8, 4) is 5.88 Å². The van der Waals surface area contributed by atoms with E-state index in [1.165, 1.54) is 0 Å². The number of ether oxygens (including phenoxy) is 1. The van der Waals surface area contributed by atoms with Crippen LogP contribution in [-0.2, 0) is 9.31 Å². The van der Waals surface area contributed by atoms with Crippen LogP contribution in [0.5, 0.6) is 5.88 Å². The summed E-state index contributed by atoms with van der Waals surface area (Å²) < 4.78 is 18.0. The van der Waals surface area contributed by atoms with Crippen molar-refractivity contribution in [2.75, 3.05) is 20.1 Å². The van der Waals surface area contributed by atoms with Gasteiger partial charge in [0, 0.05) is 25.4 Å². The first-order valence-corrected chi connectivity index (χ1v) is 7.44. The topological polar surface area (TPSA) is 43.8 Å². The zero-order chi connectivity index (χ0) is 15.3. The van der Waals surface area contributed by atoms with E-state index < -0.39 is 0 Å². The van der Waals surface area contributed by atoms with Crippen LogP contribution in [-0.4, -0.2) is 54.4 Å². The summed E-state index contributed by atoms with van der Waals surface area (Å²) in [4.78, 5) is 6.49. The van der Waals surface area contributed by atoms with Crippen molar-refractivity contribution in [1.29, 1.82) is 0 Å². The summed E-state index contributed by atoms with van der Waals surface area (Å²) in [5.74, 6) is 0.639. The van der Waals surface area contributed by atoms with Gasteiger partial charge in [0.2, 0.25) is 5.88 Å². The molecule has 0 unspecified atom stereocenters. The molecule has 6 heteroatoms. The molecule has 0 radical (unpaired) electrons. The van der Waals surface area contributed by atoms with E-state index in [1.807, 2.05) is 12.1 Å². The summed E-state index contributed by atoms with van der Waals surface area (Å²) in [6, 6.07) is 3.84. The highest BCUT2D eigenvalue weighted by Crippen LogP contribution is 2.36. The molecule has 0 atom stereocenters. The second-order valence-corrected chi connectivity index (χ2v) is 6.98. The molecule has 3 rings (SSSR count). The quantitative estimate of drug-likeness (QED) is 0.779. The molecule has 2 aliphatic heterocycles. The minimum atomic E-state index is -0.371. The van der Waals surface area contributed by atoms with Gasteiger partial charge in [-0.15, -0.1) is 0 Å². The highest BCUT2D eigenvalue weighted by molar-refractivity contribution is 6.62. The number of likely N-dealkylation sites (tertiary alicyclic amines) is 1. The van der Waals surface area contributed by atoms with E-state index in [0.29, 0.717) is 5.88 Å². The van der Waals surface area contributed by atoms with Crippen LogP contribution in [0, 0.1) is 0 Å². The smallest absolute Gasteiger partial charge is 0.472 e. The van der Waals surface area contributed by atoms with E-state index >= 15 is 0 Å². The number of hydrogen-bond donors (Lipinski definition) is 0. The van der Waals surface area contributed by atoms with E-state index in [0.717, 1.165) is 18.6 Å². The van der Waals surface area contributed by atoms with Crippen molar-refractivity contribution in [2.24, 2.45) is 0 Å². The average molecular weight is 290 g/mol. The Balaban J connectivity index is 1.72. The molecule has 0 aliphatic carbocycles. The summed E-state index contributed by atoms with van der Waals surface area (Å²) in [5.41, 5.74) is 0.281. The third kappa shape index (κ3) is 2.80. The molecule has 2 saturated heterocycles. The molecular weight excluding hydrogens is 267 g/mol. The lowest BCUT2D eigenvalue weighted by Gasteiger charge is -2.35. The molecule has 2 fully saturated rings. The standard InChI is InChI=1S/C15H23BN2O3/c1-14(2)15(3,4)21-16(20-14)11-6-7-17-13(8-11)19-12-9-18(5)10-12/h6-8,12H,9-10H2,1-5H3. The number of hydrogen-bond acceptors (Lipinski definition) is 5. The maximum absolute atomic E-state index is 6.05. The molecule has 1 aromatic heterocycles. The SMILES string of the molecule is CN1CC(Oc2cc(B3OC(C)(C)C(C)(C)O3)ccn2)C1. The molecule has 3 heterocycles. The molecule has 0 N–H and O–H groups in total. The van der Waals surface area contributed by atoms with Gasteiger partial charge in [-0.2, -0.15) is 0 Å². The second kappa shape index (κ2) is 4.97. The van der Waals surface area contributed by atoms with Gasteiger partial charge in [0.05, 0.1) is 11.2 Å². The number of pyridine rings is 1. The van der Waals surface area contributed by atoms with Gasteiger partial charge in [-0.1, -0.05) is 0 Å². The Morgan fingerprint density at radius 1 is 1.24 bits per heavy atom. The van der Waals surface area contributed by atoms with Crippen molar-refractivity contribution in [3.63, 3.8) is 0 Å². The molecule has 0 amide bonds. The third-order valence-electron chi connectivity index (χ3n) is 4.60. The van der Waals surface area contributed by atoms with Gasteiger partial charge in [-0.3, -0.25) is 4.90 Å². The summed E-state index contributed by atoms with van der Waals surface area (Å²) in [7, 11) is 1.71. The molecule has 0 aromatic carbocycles. The first-order chi connectivity index (χ1) is 9.77. The lowest BCUT2D eigenvalue weighted by Crippen LogP contribution is -2.51. The first kappa shape index (κ1) is 14.8. The Bertz CT molecular complexity index is 513. The monoisotopic (exact) mass is 290 g/mol. The molecule has 2 aliphatic rings. The maximum atomic E-state index is 6.05. The van der Waals surface area contributed by atoms with Crippen LogP contribution in [0.1, 0.15) is 27.7 Å². The minimum absolute atomic E-state index is 0.232. The predicted octanol–water partition coefficient (Wildman–Crippen LogP) is 1.07. The summed E-state index contributed by atoms with van der Waals surface area (Å²) in [6.45, 7) is 10.1. The van der Waals surface area contributed by atoms with Gasteiger partial charge in [-0.05, 0) is 46.3 Å². The fourth-order valence-corrected chi connectivity index (χ4v) is 2.50. The van der Waals surface area contributed by atoms with Crippen LogP contribution in [0.4, 0.5) is 0 Å². The molecule has 0 spiro atoms. The van der Waals surface area contributed by atoms with E-state index in [4.69, 9.17) is 14.0 Å². The molecule has 114 valence electrons. The third-order valence-corrected chi connectivity index (χ3v) is 4.60. The highest BCUT2D eigenvalue weighted by atomic mass is 16.7. The Morgan fingerprint density at radius 2 is 1.86 bits per heavy atom. The second-order valence-electron chi connectivity index (χ2n) is 6.98. The van der Waals surface area contributed by atoms with Crippen LogP contribution < -0.4 is 10.2 Å². The zero-order valence-corrected chi connectivity index (χ0v) is 13.4. The molecule has 0 bridgehead atoms. The van der Waals surface area contributed by atoms with Crippen LogP contribution in [0.15, 0.2) is 18.3 Å². The lowest BCUT2D eigenvalue weighted by molar-refractivity contribution is 0.00578. The highest BCUT2D eigenvalue weighted by Gasteiger charge is 2.51. The van der Waals surface area contributed by atoms with E-state index in [1.54, 1.807) is 6.20 Å². The minimum Gasteiger partial charge on any atom is -0.472 e. The maximum Gasteiger partial charge on any atom is 0.495 e. The molecule has 0 saturated carbocycles. The Labute approximate surface area is 126 Å². The number of aromatic nitrogens is 1. The fraction of sp³-hybridized carbons (Fsp3) is 0.667. The molecule has 21 heavy (non-hydrogen) atoms. The van der Waals surface area contributed by atoms with Gasteiger partial charge in [0.15, 0.2) is 0 Å². The van der Waals surface area contributed by atoms with Crippen LogP contribution in [0.25, 0.3) is 0 Å². The number of rotatable bonds is 3. The van der Waals surface area contributed by atoms with Gasteiger partial charge in [0.1, 0.15) is 6.10 Å². The molecule has 1 aromatic rings.